The molecule has 6 heteroatoms. The molecule has 0 saturated carbocycles. The summed E-state index contributed by atoms with van der Waals surface area (Å²) in [4.78, 5) is 16.6. The van der Waals surface area contributed by atoms with Gasteiger partial charge in [0.2, 0.25) is 0 Å². The molecule has 0 aliphatic carbocycles. The highest BCUT2D eigenvalue weighted by Gasteiger charge is 2.18. The molecule has 0 unspecified atom stereocenters. The number of para-hydroxylation sites is 1. The van der Waals surface area contributed by atoms with Crippen molar-refractivity contribution in [2.24, 2.45) is 0 Å². The first-order chi connectivity index (χ1) is 13.5. The molecule has 1 aromatic heterocycles. The van der Waals surface area contributed by atoms with Crippen LogP contribution in [0, 0.1) is 0 Å². The summed E-state index contributed by atoms with van der Waals surface area (Å²) in [7, 11) is 1.34. The Morgan fingerprint density at radius 1 is 1.14 bits per heavy atom. The van der Waals surface area contributed by atoms with Crippen molar-refractivity contribution in [2.75, 3.05) is 7.05 Å². The van der Waals surface area contributed by atoms with E-state index in [-0.39, 0.29) is 5.91 Å². The Balaban J connectivity index is 1.51. The van der Waals surface area contributed by atoms with E-state index in [9.17, 15) is 10.0 Å². The van der Waals surface area contributed by atoms with E-state index in [0.717, 1.165) is 37.3 Å². The van der Waals surface area contributed by atoms with E-state index in [1.54, 1.807) is 18.3 Å². The van der Waals surface area contributed by atoms with Crippen molar-refractivity contribution in [3.63, 3.8) is 0 Å². The van der Waals surface area contributed by atoms with Gasteiger partial charge in [0.1, 0.15) is 17.4 Å². The highest BCUT2D eigenvalue weighted by Crippen LogP contribution is 2.27. The molecule has 142 valence electrons. The number of hydrogen-bond acceptors (Lipinski definition) is 5. The molecule has 4 aromatic rings. The van der Waals surface area contributed by atoms with Crippen molar-refractivity contribution >= 4 is 38.2 Å². The largest absolute Gasteiger partial charge is 0.486 e. The fraction of sp³-hybridized carbons (Fsp3) is 0.182. The lowest BCUT2D eigenvalue weighted by molar-refractivity contribution is -0.160. The lowest BCUT2D eigenvalue weighted by atomic mass is 9.97. The smallest absolute Gasteiger partial charge is 0.252 e. The highest BCUT2D eigenvalue weighted by molar-refractivity contribution is 7.18. The number of hydroxylamine groups is 2. The van der Waals surface area contributed by atoms with E-state index >= 15 is 0 Å². The van der Waals surface area contributed by atoms with Crippen LogP contribution in [0.2, 0.25) is 0 Å². The Morgan fingerprint density at radius 3 is 2.68 bits per heavy atom. The summed E-state index contributed by atoms with van der Waals surface area (Å²) in [6.07, 6.45) is 0. The zero-order chi connectivity index (χ0) is 19.7. The van der Waals surface area contributed by atoms with Gasteiger partial charge in [0.05, 0.1) is 16.1 Å². The zero-order valence-electron chi connectivity index (χ0n) is 15.6. The van der Waals surface area contributed by atoms with Gasteiger partial charge >= 0.3 is 0 Å². The summed E-state index contributed by atoms with van der Waals surface area (Å²) in [5.74, 6) is 0.0308. The maximum Gasteiger partial charge on any atom is 0.252 e. The van der Waals surface area contributed by atoms with Gasteiger partial charge < -0.3 is 4.74 Å². The molecule has 0 aliphatic rings. The van der Waals surface area contributed by atoms with Crippen LogP contribution in [-0.2, 0) is 11.4 Å². The third-order valence-electron chi connectivity index (χ3n) is 4.73. The van der Waals surface area contributed by atoms with Gasteiger partial charge in [0.15, 0.2) is 0 Å². The van der Waals surface area contributed by atoms with Crippen molar-refractivity contribution in [1.82, 2.24) is 10.0 Å². The zero-order valence-corrected chi connectivity index (χ0v) is 16.4. The second-order valence-electron chi connectivity index (χ2n) is 6.72. The number of amides is 1. The Kier molecular flexibility index (Phi) is 4.98. The molecule has 0 saturated heterocycles. The van der Waals surface area contributed by atoms with Crippen LogP contribution >= 0.6 is 11.3 Å². The predicted octanol–water partition coefficient (Wildman–Crippen LogP) is 4.98. The predicted molar refractivity (Wildman–Crippen MR) is 111 cm³/mol. The van der Waals surface area contributed by atoms with Crippen molar-refractivity contribution in [2.45, 2.75) is 19.4 Å². The summed E-state index contributed by atoms with van der Waals surface area (Å²) < 4.78 is 7.09. The number of benzene rings is 3. The molecular weight excluding hydrogens is 372 g/mol. The van der Waals surface area contributed by atoms with Gasteiger partial charge in [-0.25, -0.2) is 10.0 Å². The molecule has 1 N–H and O–H groups in total. The number of ether oxygens (including phenoxy) is 1. The fourth-order valence-electron chi connectivity index (χ4n) is 3.15. The monoisotopic (exact) mass is 392 g/mol. The standard InChI is InChI=1S/C22H20N2O3S/c1-14(22(25)24(2)26)15-7-8-17-12-18(10-9-16(17)11-15)27-13-21-23-19-5-3-4-6-20(19)28-21/h3-12,14,26H,13H2,1-2H3/t14-/m1/s1. The van der Waals surface area contributed by atoms with Crippen LogP contribution in [0.1, 0.15) is 23.4 Å². The maximum absolute atomic E-state index is 12.0. The number of hydrogen-bond donors (Lipinski definition) is 1. The molecule has 0 bridgehead atoms. The molecule has 1 atom stereocenters. The van der Waals surface area contributed by atoms with E-state index in [2.05, 4.69) is 11.1 Å². The molecule has 3 aromatic carbocycles. The van der Waals surface area contributed by atoms with E-state index < -0.39 is 5.92 Å². The van der Waals surface area contributed by atoms with Gasteiger partial charge in [0, 0.05) is 7.05 Å². The molecule has 28 heavy (non-hydrogen) atoms. The van der Waals surface area contributed by atoms with Gasteiger partial charge in [-0.2, -0.15) is 0 Å². The minimum absolute atomic E-state index is 0.338. The summed E-state index contributed by atoms with van der Waals surface area (Å²) >= 11 is 1.64. The Hall–Kier alpha value is -2.96. The molecular formula is C22H20N2O3S. The third-order valence-corrected chi connectivity index (χ3v) is 5.74. The molecule has 0 spiro atoms. The van der Waals surface area contributed by atoms with Crippen molar-refractivity contribution in [1.29, 1.82) is 0 Å². The molecule has 0 radical (unpaired) electrons. The summed E-state index contributed by atoms with van der Waals surface area (Å²) in [5, 5.41) is 13.0. The number of thiazole rings is 1. The molecule has 0 aliphatic heterocycles. The number of carbonyl (C=O) groups excluding carboxylic acids is 1. The summed E-state index contributed by atoms with van der Waals surface area (Å²) in [6.45, 7) is 2.21. The van der Waals surface area contributed by atoms with Crippen molar-refractivity contribution in [3.8, 4) is 5.75 Å². The molecule has 1 heterocycles. The average molecular weight is 392 g/mol. The van der Waals surface area contributed by atoms with E-state index in [1.807, 2.05) is 54.6 Å². The number of rotatable bonds is 5. The van der Waals surface area contributed by atoms with Crippen LogP contribution in [0.5, 0.6) is 5.75 Å². The molecule has 1 amide bonds. The summed E-state index contributed by atoms with van der Waals surface area (Å²) in [5.41, 5.74) is 1.86. The van der Waals surface area contributed by atoms with Crippen molar-refractivity contribution in [3.05, 3.63) is 71.2 Å². The SMILES string of the molecule is C[C@@H](C(=O)N(C)O)c1ccc2cc(OCc3nc4ccccc4s3)ccc2c1. The van der Waals surface area contributed by atoms with Gasteiger partial charge in [-0.05, 0) is 47.5 Å². The van der Waals surface area contributed by atoms with Crippen LogP contribution in [0.4, 0.5) is 0 Å². The van der Waals surface area contributed by atoms with E-state index in [4.69, 9.17) is 4.74 Å². The first-order valence-corrected chi connectivity index (χ1v) is 9.80. The molecule has 0 fully saturated rings. The van der Waals surface area contributed by atoms with Gasteiger partial charge in [-0.1, -0.05) is 36.4 Å². The van der Waals surface area contributed by atoms with Crippen LogP contribution in [-0.4, -0.2) is 28.2 Å². The minimum atomic E-state index is -0.408. The Morgan fingerprint density at radius 2 is 1.89 bits per heavy atom. The van der Waals surface area contributed by atoms with Crippen LogP contribution < -0.4 is 4.74 Å². The van der Waals surface area contributed by atoms with Gasteiger partial charge in [-0.15, -0.1) is 11.3 Å². The minimum Gasteiger partial charge on any atom is -0.486 e. The van der Waals surface area contributed by atoms with Crippen molar-refractivity contribution < 1.29 is 14.7 Å². The second kappa shape index (κ2) is 7.58. The first-order valence-electron chi connectivity index (χ1n) is 8.98. The Labute approximate surface area is 166 Å². The second-order valence-corrected chi connectivity index (χ2v) is 7.83. The maximum atomic E-state index is 12.0. The van der Waals surface area contributed by atoms with Crippen LogP contribution in [0.25, 0.3) is 21.0 Å². The lowest BCUT2D eigenvalue weighted by Gasteiger charge is -2.16. The quantitative estimate of drug-likeness (QED) is 0.384. The number of nitrogens with zero attached hydrogens (tertiary/aromatic N) is 2. The van der Waals surface area contributed by atoms with Gasteiger partial charge in [0.25, 0.3) is 5.91 Å². The normalized spacial score (nSPS) is 12.2. The Bertz CT molecular complexity index is 1120. The van der Waals surface area contributed by atoms with Crippen LogP contribution in [0.3, 0.4) is 0 Å². The number of carbonyl (C=O) groups is 1. The highest BCUT2D eigenvalue weighted by atomic mass is 32.1. The van der Waals surface area contributed by atoms with E-state index in [1.165, 1.54) is 7.05 Å². The fourth-order valence-corrected chi connectivity index (χ4v) is 4.03. The molecule has 4 rings (SSSR count). The third kappa shape index (κ3) is 3.69. The van der Waals surface area contributed by atoms with Gasteiger partial charge in [-0.3, -0.25) is 10.0 Å². The first kappa shape index (κ1) is 18.4. The van der Waals surface area contributed by atoms with Crippen LogP contribution in [0.15, 0.2) is 60.7 Å². The lowest BCUT2D eigenvalue weighted by Crippen LogP contribution is -2.27. The van der Waals surface area contributed by atoms with E-state index in [0.29, 0.717) is 11.7 Å². The average Bonchev–Trinajstić information content (AvgIpc) is 3.13. The number of likely N-dealkylation sites (N-methyl/N-ethyl adjacent to an activating group) is 1. The molecule has 5 nitrogen and oxygen atoms in total. The number of fused-ring (bicyclic) bond motifs is 2. The topological polar surface area (TPSA) is 62.7 Å². The summed E-state index contributed by atoms with van der Waals surface area (Å²) in [6, 6.07) is 19.8. The number of aromatic nitrogens is 1.